The third-order valence-electron chi connectivity index (χ3n) is 8.33. The number of benzene rings is 3. The van der Waals surface area contributed by atoms with Gasteiger partial charge < -0.3 is 14.7 Å². The van der Waals surface area contributed by atoms with Gasteiger partial charge in [-0.15, -0.1) is 0 Å². The van der Waals surface area contributed by atoms with E-state index in [2.05, 4.69) is 4.74 Å². The Labute approximate surface area is 238 Å². The summed E-state index contributed by atoms with van der Waals surface area (Å²) in [7, 11) is 5.10. The molecule has 2 aliphatic rings. The molecule has 214 valence electrons. The van der Waals surface area contributed by atoms with Crippen molar-refractivity contribution in [2.45, 2.75) is 31.9 Å². The molecule has 0 spiro atoms. The lowest BCUT2D eigenvalue weighted by Gasteiger charge is -2.33. The summed E-state index contributed by atoms with van der Waals surface area (Å²) < 4.78 is 35.0. The molecule has 4 unspecified atom stereocenters. The van der Waals surface area contributed by atoms with Crippen LogP contribution in [0.1, 0.15) is 43.0 Å². The van der Waals surface area contributed by atoms with Crippen molar-refractivity contribution in [3.63, 3.8) is 0 Å². The first-order valence-corrected chi connectivity index (χ1v) is 13.8. The summed E-state index contributed by atoms with van der Waals surface area (Å²) in [4.78, 5) is 28.7. The van der Waals surface area contributed by atoms with Crippen LogP contribution >= 0.6 is 0 Å². The predicted molar refractivity (Wildman–Crippen MR) is 155 cm³/mol. The van der Waals surface area contributed by atoms with Crippen molar-refractivity contribution in [1.82, 2.24) is 0 Å². The topological polar surface area (TPSA) is 70.1 Å². The number of fused-ring (bicyclic) bond motifs is 2. The quantitative estimate of drug-likeness (QED) is 0.198. The molecule has 6 nitrogen and oxygen atoms in total. The van der Waals surface area contributed by atoms with E-state index in [-0.39, 0.29) is 29.0 Å². The van der Waals surface area contributed by atoms with Gasteiger partial charge in [0.05, 0.1) is 12.8 Å². The molecular weight excluding hydrogens is 526 g/mol. The maximum atomic E-state index is 15.6. The fourth-order valence-corrected chi connectivity index (χ4v) is 6.19. The zero-order valence-electron chi connectivity index (χ0n) is 23.4. The third-order valence-corrected chi connectivity index (χ3v) is 8.33. The molecule has 41 heavy (non-hydrogen) atoms. The molecule has 5 rings (SSSR count). The summed E-state index contributed by atoms with van der Waals surface area (Å²) in [6.45, 7) is 0. The Morgan fingerprint density at radius 1 is 0.951 bits per heavy atom. The minimum absolute atomic E-state index is 0.0811. The van der Waals surface area contributed by atoms with E-state index in [1.165, 1.54) is 37.5 Å². The van der Waals surface area contributed by atoms with Gasteiger partial charge in [-0.05, 0) is 90.3 Å². The fourth-order valence-electron chi connectivity index (χ4n) is 6.19. The number of aliphatic hydroxyl groups excluding tert-OH is 1. The van der Waals surface area contributed by atoms with Crippen LogP contribution in [0.3, 0.4) is 0 Å². The number of halogens is 2. The van der Waals surface area contributed by atoms with Crippen molar-refractivity contribution in [2.75, 3.05) is 31.0 Å². The monoisotopic (exact) mass is 560 g/mol. The zero-order valence-corrected chi connectivity index (χ0v) is 23.4. The zero-order chi connectivity index (χ0) is 29.3. The van der Waals surface area contributed by atoms with E-state index in [0.29, 0.717) is 23.5 Å². The Balaban J connectivity index is 1.51. The van der Waals surface area contributed by atoms with E-state index in [0.717, 1.165) is 47.6 Å². The number of amides is 1. The highest BCUT2D eigenvalue weighted by Gasteiger charge is 2.46. The SMILES string of the molecule is COC(=O)C=Cc1cc(F)cc(N(C(=O)C2CC3CCC2C3)C(O)c2ccc(-c3ccc(N(C)C)cc3)cc2F)c1. The Hall–Kier alpha value is -4.04. The first kappa shape index (κ1) is 28.5. The summed E-state index contributed by atoms with van der Waals surface area (Å²) in [6, 6.07) is 16.0. The van der Waals surface area contributed by atoms with E-state index in [1.54, 1.807) is 6.07 Å². The molecular formula is C33H34F2N2O4. The molecule has 0 saturated heterocycles. The van der Waals surface area contributed by atoms with Crippen LogP contribution in [0.4, 0.5) is 20.2 Å². The maximum Gasteiger partial charge on any atom is 0.330 e. The number of methoxy groups -OCH3 is 1. The second-order valence-electron chi connectivity index (χ2n) is 11.1. The number of hydrogen-bond acceptors (Lipinski definition) is 5. The Morgan fingerprint density at radius 2 is 1.68 bits per heavy atom. The smallest absolute Gasteiger partial charge is 0.330 e. The van der Waals surface area contributed by atoms with Gasteiger partial charge in [0, 0.05) is 37.3 Å². The highest BCUT2D eigenvalue weighted by Crippen LogP contribution is 2.50. The van der Waals surface area contributed by atoms with Gasteiger partial charge in [-0.3, -0.25) is 9.69 Å². The summed E-state index contributed by atoms with van der Waals surface area (Å²) in [6.07, 6.45) is 4.46. The number of nitrogens with zero attached hydrogens (tertiary/aromatic N) is 2. The lowest BCUT2D eigenvalue weighted by atomic mass is 9.87. The average molecular weight is 561 g/mol. The second kappa shape index (κ2) is 11.8. The molecule has 0 aromatic heterocycles. The van der Waals surface area contributed by atoms with Crippen molar-refractivity contribution in [1.29, 1.82) is 0 Å². The molecule has 3 aromatic rings. The summed E-state index contributed by atoms with van der Waals surface area (Å²) >= 11 is 0. The molecule has 4 atom stereocenters. The van der Waals surface area contributed by atoms with Gasteiger partial charge in [0.15, 0.2) is 6.23 Å². The molecule has 0 heterocycles. The van der Waals surface area contributed by atoms with E-state index in [1.807, 2.05) is 43.3 Å². The fraction of sp³-hybridized carbons (Fsp3) is 0.333. The Morgan fingerprint density at radius 3 is 2.29 bits per heavy atom. The number of hydrogen-bond donors (Lipinski definition) is 1. The van der Waals surface area contributed by atoms with Gasteiger partial charge in [0.25, 0.3) is 0 Å². The highest BCUT2D eigenvalue weighted by atomic mass is 19.1. The van der Waals surface area contributed by atoms with Crippen molar-refractivity contribution < 1.29 is 28.2 Å². The van der Waals surface area contributed by atoms with E-state index in [9.17, 15) is 19.1 Å². The van der Waals surface area contributed by atoms with Crippen LogP contribution < -0.4 is 9.80 Å². The summed E-state index contributed by atoms with van der Waals surface area (Å²) in [5, 5.41) is 11.6. The van der Waals surface area contributed by atoms with Crippen LogP contribution in [0.15, 0.2) is 66.7 Å². The standard InChI is InChI=1S/C33H34F2N2O4/c1-36(2)26-10-7-22(8-11-26)23-9-12-28(30(35)18-23)32(39)37(33(40)29-17-20-4-6-24(29)14-20)27-16-21(15-25(34)19-27)5-13-31(38)41-3/h5,7-13,15-16,18-20,24,29,32,39H,4,6,14,17H2,1-3H3. The minimum Gasteiger partial charge on any atom is -0.466 e. The van der Waals surface area contributed by atoms with Gasteiger partial charge >= 0.3 is 5.97 Å². The first-order chi connectivity index (χ1) is 19.6. The summed E-state index contributed by atoms with van der Waals surface area (Å²) in [5.41, 5.74) is 2.71. The normalized spacial score (nSPS) is 20.3. The minimum atomic E-state index is -1.69. The van der Waals surface area contributed by atoms with E-state index < -0.39 is 23.8 Å². The second-order valence-corrected chi connectivity index (χ2v) is 11.1. The molecule has 2 fully saturated rings. The van der Waals surface area contributed by atoms with Gasteiger partial charge in [-0.2, -0.15) is 0 Å². The van der Waals surface area contributed by atoms with Gasteiger partial charge in [0.1, 0.15) is 11.6 Å². The first-order valence-electron chi connectivity index (χ1n) is 13.8. The molecule has 1 N–H and O–H groups in total. The molecule has 0 aliphatic heterocycles. The van der Waals surface area contributed by atoms with E-state index >= 15 is 4.39 Å². The molecule has 1 amide bonds. The highest BCUT2D eigenvalue weighted by molar-refractivity contribution is 5.96. The average Bonchev–Trinajstić information content (AvgIpc) is 3.60. The number of rotatable bonds is 8. The molecule has 2 bridgehead atoms. The number of ether oxygens (including phenoxy) is 1. The van der Waals surface area contributed by atoms with Crippen molar-refractivity contribution in [2.24, 2.45) is 17.8 Å². The van der Waals surface area contributed by atoms with E-state index in [4.69, 9.17) is 0 Å². The van der Waals surface area contributed by atoms with Gasteiger partial charge in [-0.25, -0.2) is 13.6 Å². The van der Waals surface area contributed by atoms with Crippen LogP contribution in [0.5, 0.6) is 0 Å². The molecule has 2 saturated carbocycles. The van der Waals surface area contributed by atoms with Crippen molar-refractivity contribution >= 4 is 29.3 Å². The number of carbonyl (C=O) groups is 2. The predicted octanol–water partition coefficient (Wildman–Crippen LogP) is 6.34. The summed E-state index contributed by atoms with van der Waals surface area (Å²) in [5.74, 6) is -2.02. The maximum absolute atomic E-state index is 15.6. The molecule has 8 heteroatoms. The number of esters is 1. The van der Waals surface area contributed by atoms with Crippen LogP contribution in [-0.2, 0) is 14.3 Å². The lowest BCUT2D eigenvalue weighted by molar-refractivity contribution is -0.134. The lowest BCUT2D eigenvalue weighted by Crippen LogP contribution is -2.41. The third kappa shape index (κ3) is 6.03. The van der Waals surface area contributed by atoms with Crippen molar-refractivity contribution in [3.05, 3.63) is 89.5 Å². The largest absolute Gasteiger partial charge is 0.466 e. The van der Waals surface area contributed by atoms with Crippen LogP contribution in [0.25, 0.3) is 17.2 Å². The molecule has 0 radical (unpaired) electrons. The Bertz CT molecular complexity index is 1470. The van der Waals surface area contributed by atoms with Crippen molar-refractivity contribution in [3.8, 4) is 11.1 Å². The van der Waals surface area contributed by atoms with Crippen LogP contribution in [-0.4, -0.2) is 38.2 Å². The number of carbonyl (C=O) groups excluding carboxylic acids is 2. The number of aliphatic hydroxyl groups is 1. The van der Waals surface area contributed by atoms with Gasteiger partial charge in [0.2, 0.25) is 5.91 Å². The molecule has 3 aromatic carbocycles. The Kier molecular flexibility index (Phi) is 8.22. The van der Waals surface area contributed by atoms with Crippen LogP contribution in [0, 0.1) is 29.4 Å². The van der Waals surface area contributed by atoms with Crippen LogP contribution in [0.2, 0.25) is 0 Å². The number of anilines is 2. The van der Waals surface area contributed by atoms with Gasteiger partial charge in [-0.1, -0.05) is 30.7 Å². The molecule has 2 aliphatic carbocycles.